The Labute approximate surface area is 114 Å². The lowest BCUT2D eigenvalue weighted by Gasteiger charge is -2.24. The molecule has 1 unspecified atom stereocenters. The molecule has 1 aromatic heterocycles. The van der Waals surface area contributed by atoms with Crippen LogP contribution in [0.15, 0.2) is 28.1 Å². The number of alkyl halides is 1. The summed E-state index contributed by atoms with van der Waals surface area (Å²) in [5, 5.41) is 3.50. The van der Waals surface area contributed by atoms with Crippen LogP contribution in [0.4, 0.5) is 0 Å². The highest BCUT2D eigenvalue weighted by Crippen LogP contribution is 2.44. The third-order valence-corrected chi connectivity index (χ3v) is 5.48. The Morgan fingerprint density at radius 3 is 2.62 bits per heavy atom. The van der Waals surface area contributed by atoms with E-state index in [0.717, 1.165) is 4.47 Å². The molecule has 0 nitrogen and oxygen atoms in total. The van der Waals surface area contributed by atoms with Crippen LogP contribution in [0.1, 0.15) is 31.7 Å². The van der Waals surface area contributed by atoms with E-state index >= 15 is 0 Å². The van der Waals surface area contributed by atoms with E-state index in [-0.39, 0.29) is 10.8 Å². The van der Waals surface area contributed by atoms with Crippen LogP contribution in [0.2, 0.25) is 0 Å². The fraction of sp³-hybridized carbons (Fsp3) is 0.385. The smallest absolute Gasteiger partial charge is 0.0647 e. The second-order valence-electron chi connectivity index (χ2n) is 5.04. The fourth-order valence-electron chi connectivity index (χ4n) is 1.70. The van der Waals surface area contributed by atoms with Gasteiger partial charge in [0.2, 0.25) is 0 Å². The highest BCUT2D eigenvalue weighted by Gasteiger charge is 2.26. The summed E-state index contributed by atoms with van der Waals surface area (Å²) in [4.78, 5) is 0. The van der Waals surface area contributed by atoms with E-state index in [0.29, 0.717) is 0 Å². The third kappa shape index (κ3) is 2.15. The lowest BCUT2D eigenvalue weighted by atomic mass is 9.87. The van der Waals surface area contributed by atoms with E-state index in [1.54, 1.807) is 11.3 Å². The van der Waals surface area contributed by atoms with E-state index in [2.05, 4.69) is 60.3 Å². The van der Waals surface area contributed by atoms with Gasteiger partial charge in [-0.25, -0.2) is 0 Å². The van der Waals surface area contributed by atoms with E-state index in [1.165, 1.54) is 15.6 Å². The first-order valence-electron chi connectivity index (χ1n) is 5.21. The van der Waals surface area contributed by atoms with Gasteiger partial charge in [-0.2, -0.15) is 0 Å². The number of hydrogen-bond donors (Lipinski definition) is 0. The van der Waals surface area contributed by atoms with Gasteiger partial charge < -0.3 is 0 Å². The van der Waals surface area contributed by atoms with Crippen molar-refractivity contribution in [1.29, 1.82) is 0 Å². The Morgan fingerprint density at radius 2 is 2.00 bits per heavy atom. The molecule has 1 heterocycles. The van der Waals surface area contributed by atoms with E-state index in [1.807, 2.05) is 0 Å². The topological polar surface area (TPSA) is 0 Å². The molecule has 0 aliphatic heterocycles. The highest BCUT2D eigenvalue weighted by atomic mass is 79.9. The summed E-state index contributed by atoms with van der Waals surface area (Å²) < 4.78 is 2.44. The maximum Gasteiger partial charge on any atom is 0.0647 e. The molecule has 2 aromatic rings. The van der Waals surface area contributed by atoms with Crippen molar-refractivity contribution in [3.63, 3.8) is 0 Å². The molecule has 86 valence electrons. The van der Waals surface area contributed by atoms with Gasteiger partial charge in [0, 0.05) is 9.17 Å². The number of thiophene rings is 1. The van der Waals surface area contributed by atoms with Crippen molar-refractivity contribution in [1.82, 2.24) is 0 Å². The second-order valence-corrected chi connectivity index (χ2v) is 7.21. The van der Waals surface area contributed by atoms with Crippen LogP contribution in [0.3, 0.4) is 0 Å². The maximum atomic E-state index is 6.55. The van der Waals surface area contributed by atoms with Crippen LogP contribution >= 0.6 is 38.9 Å². The largest absolute Gasteiger partial charge is 0.142 e. The molecule has 1 atom stereocenters. The van der Waals surface area contributed by atoms with Crippen LogP contribution in [-0.4, -0.2) is 0 Å². The zero-order chi connectivity index (χ0) is 11.9. The van der Waals surface area contributed by atoms with Crippen molar-refractivity contribution >= 4 is 49.0 Å². The molecular formula is C13H14BrClS. The number of hydrogen-bond acceptors (Lipinski definition) is 1. The zero-order valence-corrected chi connectivity index (χ0v) is 12.7. The lowest BCUT2D eigenvalue weighted by Crippen LogP contribution is -2.12. The molecule has 3 heteroatoms. The average Bonchev–Trinajstić information content (AvgIpc) is 2.60. The molecule has 0 spiro atoms. The summed E-state index contributed by atoms with van der Waals surface area (Å²) in [5.74, 6) is 0. The molecule has 1 aromatic carbocycles. The van der Waals surface area contributed by atoms with Crippen molar-refractivity contribution in [2.24, 2.45) is 5.41 Å². The molecule has 0 saturated carbocycles. The van der Waals surface area contributed by atoms with Gasteiger partial charge in [0.15, 0.2) is 0 Å². The molecule has 0 amide bonds. The standard InChI is InChI=1S/C13H14BrClS/c1-13(2,3)12(15)9-7-16-11-8(9)5-4-6-10(11)14/h4-7,12H,1-3H3. The van der Waals surface area contributed by atoms with E-state index < -0.39 is 0 Å². The monoisotopic (exact) mass is 316 g/mol. The Hall–Kier alpha value is -0.0500. The number of fused-ring (bicyclic) bond motifs is 1. The number of halogens is 2. The number of benzene rings is 1. The SMILES string of the molecule is CC(C)(C)C(Cl)c1csc2c(Br)cccc12. The minimum atomic E-state index is 0.0514. The first kappa shape index (κ1) is 12.4. The molecule has 0 aliphatic rings. The number of rotatable bonds is 1. The van der Waals surface area contributed by atoms with Crippen molar-refractivity contribution in [3.05, 3.63) is 33.6 Å². The molecule has 0 radical (unpaired) electrons. The molecule has 2 rings (SSSR count). The third-order valence-electron chi connectivity index (χ3n) is 2.62. The second kappa shape index (κ2) is 4.32. The van der Waals surface area contributed by atoms with Crippen LogP contribution in [0.5, 0.6) is 0 Å². The fourth-order valence-corrected chi connectivity index (χ4v) is 3.61. The van der Waals surface area contributed by atoms with Gasteiger partial charge in [0.25, 0.3) is 0 Å². The summed E-state index contributed by atoms with van der Waals surface area (Å²) in [5.41, 5.74) is 1.33. The van der Waals surface area contributed by atoms with Gasteiger partial charge in [-0.1, -0.05) is 32.9 Å². The maximum absolute atomic E-state index is 6.55. The predicted octanol–water partition coefficient (Wildman–Crippen LogP) is 5.99. The summed E-state index contributed by atoms with van der Waals surface area (Å²) in [7, 11) is 0. The molecule has 16 heavy (non-hydrogen) atoms. The summed E-state index contributed by atoms with van der Waals surface area (Å²) in [6, 6.07) is 6.28. The highest BCUT2D eigenvalue weighted by molar-refractivity contribution is 9.10. The van der Waals surface area contributed by atoms with Gasteiger partial charge in [-0.05, 0) is 43.7 Å². The molecule has 0 saturated heterocycles. The first-order valence-corrected chi connectivity index (χ1v) is 7.32. The lowest BCUT2D eigenvalue weighted by molar-refractivity contribution is 0.398. The Morgan fingerprint density at radius 1 is 1.31 bits per heavy atom. The summed E-state index contributed by atoms with van der Waals surface area (Å²) >= 11 is 11.9. The summed E-state index contributed by atoms with van der Waals surface area (Å²) in [6.45, 7) is 6.52. The van der Waals surface area contributed by atoms with E-state index in [4.69, 9.17) is 11.6 Å². The van der Waals surface area contributed by atoms with Crippen LogP contribution < -0.4 is 0 Å². The van der Waals surface area contributed by atoms with E-state index in [9.17, 15) is 0 Å². The van der Waals surface area contributed by atoms with Gasteiger partial charge in [-0.3, -0.25) is 0 Å². The minimum Gasteiger partial charge on any atom is -0.142 e. The quantitative estimate of drug-likeness (QED) is 0.567. The van der Waals surface area contributed by atoms with Gasteiger partial charge in [0.05, 0.1) is 5.38 Å². The van der Waals surface area contributed by atoms with Crippen LogP contribution in [0, 0.1) is 5.41 Å². The Bertz CT molecular complexity index is 510. The summed E-state index contributed by atoms with van der Waals surface area (Å²) in [6.07, 6.45) is 0. The van der Waals surface area contributed by atoms with Gasteiger partial charge in [0.1, 0.15) is 0 Å². The Kier molecular flexibility index (Phi) is 3.35. The van der Waals surface area contributed by atoms with Crippen LogP contribution in [-0.2, 0) is 0 Å². The first-order chi connectivity index (χ1) is 7.41. The van der Waals surface area contributed by atoms with Crippen molar-refractivity contribution < 1.29 is 0 Å². The van der Waals surface area contributed by atoms with Crippen molar-refractivity contribution in [2.75, 3.05) is 0 Å². The molecule has 0 fully saturated rings. The normalized spacial score (nSPS) is 14.3. The molecule has 0 aliphatic carbocycles. The predicted molar refractivity (Wildman–Crippen MR) is 77.6 cm³/mol. The zero-order valence-electron chi connectivity index (χ0n) is 9.55. The van der Waals surface area contributed by atoms with Gasteiger partial charge >= 0.3 is 0 Å². The van der Waals surface area contributed by atoms with Crippen LogP contribution in [0.25, 0.3) is 10.1 Å². The molecule has 0 N–H and O–H groups in total. The van der Waals surface area contributed by atoms with Crippen molar-refractivity contribution in [3.8, 4) is 0 Å². The Balaban J connectivity index is 2.59. The van der Waals surface area contributed by atoms with Crippen molar-refractivity contribution in [2.45, 2.75) is 26.1 Å². The minimum absolute atomic E-state index is 0.0514. The molecular weight excluding hydrogens is 304 g/mol. The average molecular weight is 318 g/mol. The van der Waals surface area contributed by atoms with Gasteiger partial charge in [-0.15, -0.1) is 22.9 Å². The molecule has 0 bridgehead atoms.